The third kappa shape index (κ3) is 1.29. The van der Waals surface area contributed by atoms with Gasteiger partial charge in [0.05, 0.1) is 0 Å². The van der Waals surface area contributed by atoms with Crippen LogP contribution in [-0.4, -0.2) is 28.3 Å². The van der Waals surface area contributed by atoms with E-state index in [0.29, 0.717) is 24.6 Å². The maximum atomic E-state index is 11.3. The number of anilines is 3. The lowest BCUT2D eigenvalue weighted by molar-refractivity contribution is 0.382. The van der Waals surface area contributed by atoms with Crippen molar-refractivity contribution in [2.45, 2.75) is 0 Å². The van der Waals surface area contributed by atoms with Crippen molar-refractivity contribution in [3.63, 3.8) is 0 Å². The first-order chi connectivity index (χ1) is 6.31. The fraction of sp³-hybridized carbons (Fsp3) is 0.333. The van der Waals surface area contributed by atoms with Crippen LogP contribution in [0.1, 0.15) is 0 Å². The van der Waals surface area contributed by atoms with Crippen LogP contribution in [0.5, 0.6) is 0 Å². The van der Waals surface area contributed by atoms with Crippen LogP contribution in [0.4, 0.5) is 17.5 Å². The minimum atomic E-state index is -0.311. The van der Waals surface area contributed by atoms with Crippen LogP contribution in [0, 0.1) is 0 Å². The van der Waals surface area contributed by atoms with E-state index in [1.54, 1.807) is 5.48 Å². The van der Waals surface area contributed by atoms with Gasteiger partial charge in [-0.15, -0.1) is 0 Å². The van der Waals surface area contributed by atoms with Crippen LogP contribution in [0.2, 0.25) is 0 Å². The van der Waals surface area contributed by atoms with Crippen molar-refractivity contribution in [2.75, 3.05) is 29.2 Å². The molecule has 0 unspecified atom stereocenters. The average Bonchev–Trinajstić information content (AvgIpc) is 2.18. The lowest BCUT2D eigenvalue weighted by Gasteiger charge is -2.17. The maximum absolute atomic E-state index is 11.3. The Hall–Kier alpha value is -1.76. The summed E-state index contributed by atoms with van der Waals surface area (Å²) in [6.45, 7) is 1.39. The van der Waals surface area contributed by atoms with E-state index in [0.717, 1.165) is 0 Å². The molecule has 0 saturated carbocycles. The van der Waals surface area contributed by atoms with Gasteiger partial charge in [0, 0.05) is 13.1 Å². The van der Waals surface area contributed by atoms with E-state index in [-0.39, 0.29) is 11.5 Å². The molecule has 0 bridgehead atoms. The Bertz CT molecular complexity index is 374. The highest BCUT2D eigenvalue weighted by atomic mass is 16.5. The van der Waals surface area contributed by atoms with Crippen molar-refractivity contribution < 1.29 is 5.21 Å². The highest BCUT2D eigenvalue weighted by Gasteiger charge is 2.13. The molecule has 0 amide bonds. The Morgan fingerprint density at radius 1 is 1.38 bits per heavy atom. The van der Waals surface area contributed by atoms with Gasteiger partial charge in [0.1, 0.15) is 5.69 Å². The normalized spacial score (nSPS) is 13.9. The van der Waals surface area contributed by atoms with Gasteiger partial charge in [0.25, 0.3) is 5.56 Å². The predicted octanol–water partition coefficient (Wildman–Crippen LogP) is -0.592. The fourth-order valence-corrected chi connectivity index (χ4v) is 1.19. The lowest BCUT2D eigenvalue weighted by atomic mass is 10.3. The van der Waals surface area contributed by atoms with Crippen molar-refractivity contribution >= 4 is 17.5 Å². The molecule has 0 aliphatic carbocycles. The molecule has 70 valence electrons. The van der Waals surface area contributed by atoms with Crippen LogP contribution in [0.3, 0.4) is 0 Å². The van der Waals surface area contributed by atoms with Crippen molar-refractivity contribution in [2.24, 2.45) is 0 Å². The summed E-state index contributed by atoms with van der Waals surface area (Å²) in [5.41, 5.74) is 1.88. The SMILES string of the molecule is O=c1[nH]c(NO)nc2c1NCCN2. The summed E-state index contributed by atoms with van der Waals surface area (Å²) in [6.07, 6.45) is 0. The van der Waals surface area contributed by atoms with Gasteiger partial charge >= 0.3 is 0 Å². The molecule has 0 fully saturated rings. The largest absolute Gasteiger partial charge is 0.376 e. The highest BCUT2D eigenvalue weighted by molar-refractivity contribution is 5.66. The highest BCUT2D eigenvalue weighted by Crippen LogP contribution is 2.16. The summed E-state index contributed by atoms with van der Waals surface area (Å²) in [4.78, 5) is 17.6. The van der Waals surface area contributed by atoms with Crippen LogP contribution in [0.15, 0.2) is 4.79 Å². The maximum Gasteiger partial charge on any atom is 0.277 e. The van der Waals surface area contributed by atoms with Gasteiger partial charge in [0.2, 0.25) is 5.95 Å². The molecule has 7 heteroatoms. The first-order valence-electron chi connectivity index (χ1n) is 3.83. The monoisotopic (exact) mass is 183 g/mol. The fourth-order valence-electron chi connectivity index (χ4n) is 1.19. The van der Waals surface area contributed by atoms with E-state index < -0.39 is 0 Å². The molecule has 0 saturated heterocycles. The molecule has 1 aliphatic heterocycles. The van der Waals surface area contributed by atoms with Crippen molar-refractivity contribution in [1.82, 2.24) is 9.97 Å². The molecule has 1 aromatic rings. The smallest absolute Gasteiger partial charge is 0.277 e. The van der Waals surface area contributed by atoms with Gasteiger partial charge in [-0.2, -0.15) is 4.98 Å². The Balaban J connectivity index is 2.53. The molecule has 7 nitrogen and oxygen atoms in total. The van der Waals surface area contributed by atoms with E-state index in [9.17, 15) is 4.79 Å². The Morgan fingerprint density at radius 3 is 2.92 bits per heavy atom. The van der Waals surface area contributed by atoms with E-state index in [1.807, 2.05) is 0 Å². The average molecular weight is 183 g/mol. The summed E-state index contributed by atoms with van der Waals surface area (Å²) >= 11 is 0. The van der Waals surface area contributed by atoms with Gasteiger partial charge in [0.15, 0.2) is 5.82 Å². The quantitative estimate of drug-likeness (QED) is 0.373. The van der Waals surface area contributed by atoms with Crippen LogP contribution in [-0.2, 0) is 0 Å². The number of aromatic amines is 1. The van der Waals surface area contributed by atoms with Crippen molar-refractivity contribution in [3.05, 3.63) is 10.4 Å². The molecular formula is C6H9N5O2. The second-order valence-corrected chi connectivity index (χ2v) is 2.60. The van der Waals surface area contributed by atoms with E-state index in [1.165, 1.54) is 0 Å². The number of nitrogens with zero attached hydrogens (tertiary/aromatic N) is 1. The molecule has 13 heavy (non-hydrogen) atoms. The molecule has 2 rings (SSSR count). The second-order valence-electron chi connectivity index (χ2n) is 2.60. The molecule has 5 N–H and O–H groups in total. The van der Waals surface area contributed by atoms with Gasteiger partial charge in [-0.05, 0) is 0 Å². The van der Waals surface area contributed by atoms with Gasteiger partial charge < -0.3 is 10.6 Å². The third-order valence-corrected chi connectivity index (χ3v) is 1.74. The molecule has 0 radical (unpaired) electrons. The van der Waals surface area contributed by atoms with Crippen molar-refractivity contribution in [1.29, 1.82) is 0 Å². The number of H-pyrrole nitrogens is 1. The van der Waals surface area contributed by atoms with E-state index in [4.69, 9.17) is 5.21 Å². The molecule has 0 aromatic carbocycles. The second kappa shape index (κ2) is 2.94. The number of aromatic nitrogens is 2. The first kappa shape index (κ1) is 7.87. The van der Waals surface area contributed by atoms with Crippen LogP contribution in [0.25, 0.3) is 0 Å². The topological polar surface area (TPSA) is 102 Å². The van der Waals surface area contributed by atoms with Gasteiger partial charge in [-0.1, -0.05) is 0 Å². The van der Waals surface area contributed by atoms with Crippen LogP contribution < -0.4 is 21.7 Å². The van der Waals surface area contributed by atoms with E-state index in [2.05, 4.69) is 20.6 Å². The number of hydrogen-bond donors (Lipinski definition) is 5. The molecule has 0 atom stereocenters. The van der Waals surface area contributed by atoms with E-state index >= 15 is 0 Å². The third-order valence-electron chi connectivity index (χ3n) is 1.74. The minimum Gasteiger partial charge on any atom is -0.376 e. The lowest BCUT2D eigenvalue weighted by Crippen LogP contribution is -2.28. The van der Waals surface area contributed by atoms with Crippen molar-refractivity contribution in [3.8, 4) is 0 Å². The van der Waals surface area contributed by atoms with Crippen LogP contribution >= 0.6 is 0 Å². The molecule has 0 spiro atoms. The zero-order valence-corrected chi connectivity index (χ0v) is 6.72. The Morgan fingerprint density at radius 2 is 2.15 bits per heavy atom. The first-order valence-corrected chi connectivity index (χ1v) is 3.83. The molecule has 2 heterocycles. The summed E-state index contributed by atoms with van der Waals surface area (Å²) in [6, 6.07) is 0. The number of nitrogens with one attached hydrogen (secondary N) is 4. The number of fused-ring (bicyclic) bond motifs is 1. The number of rotatable bonds is 1. The summed E-state index contributed by atoms with van der Waals surface area (Å²) in [5, 5.41) is 14.4. The molecule has 1 aliphatic rings. The number of hydrogen-bond acceptors (Lipinski definition) is 6. The molecule has 1 aromatic heterocycles. The van der Waals surface area contributed by atoms with Gasteiger partial charge in [-0.3, -0.25) is 15.0 Å². The van der Waals surface area contributed by atoms with Gasteiger partial charge in [-0.25, -0.2) is 5.48 Å². The zero-order valence-electron chi connectivity index (χ0n) is 6.72. The standard InChI is InChI=1S/C6H9N5O2/c12-5-3-4(8-2-1-7-3)9-6(10-5)11-13/h7,13H,1-2H2,(H3,8,9,10,11,12). The Kier molecular flexibility index (Phi) is 1.78. The predicted molar refractivity (Wildman–Crippen MR) is 47.2 cm³/mol. The summed E-state index contributed by atoms with van der Waals surface area (Å²) < 4.78 is 0. The minimum absolute atomic E-state index is 0.0277. The summed E-state index contributed by atoms with van der Waals surface area (Å²) in [5.74, 6) is 0.478. The molecular weight excluding hydrogens is 174 g/mol. The Labute approximate surface area is 73.2 Å². The zero-order chi connectivity index (χ0) is 9.26. The summed E-state index contributed by atoms with van der Waals surface area (Å²) in [7, 11) is 0.